The van der Waals surface area contributed by atoms with Gasteiger partial charge in [0.15, 0.2) is 5.76 Å². The topological polar surface area (TPSA) is 60.1 Å². The zero-order valence-corrected chi connectivity index (χ0v) is 17.5. The van der Waals surface area contributed by atoms with Gasteiger partial charge in [0.1, 0.15) is 17.6 Å². The second-order valence-corrected chi connectivity index (χ2v) is 7.53. The van der Waals surface area contributed by atoms with E-state index >= 15 is 0 Å². The highest BCUT2D eigenvalue weighted by molar-refractivity contribution is 6.30. The largest absolute Gasteiger partial charge is 0.451 e. The van der Waals surface area contributed by atoms with Gasteiger partial charge in [-0.1, -0.05) is 35.9 Å². The van der Waals surface area contributed by atoms with Gasteiger partial charge in [-0.2, -0.15) is 13.2 Å². The van der Waals surface area contributed by atoms with Gasteiger partial charge >= 0.3 is 6.18 Å². The van der Waals surface area contributed by atoms with E-state index in [1.54, 1.807) is 48.3 Å². The summed E-state index contributed by atoms with van der Waals surface area (Å²) >= 11 is 5.98. The molecule has 0 spiro atoms. The zero-order chi connectivity index (χ0) is 22.9. The first-order chi connectivity index (χ1) is 15.2. The average molecular weight is 460 g/mol. The third-order valence-corrected chi connectivity index (χ3v) is 5.15. The lowest BCUT2D eigenvalue weighted by atomic mass is 10.1. The summed E-state index contributed by atoms with van der Waals surface area (Å²) in [7, 11) is 1.80. The number of halogens is 4. The lowest BCUT2D eigenvalue weighted by molar-refractivity contribution is -0.137. The number of nitrogens with zero attached hydrogens (tertiary/aromatic N) is 2. The molecule has 2 aromatic carbocycles. The van der Waals surface area contributed by atoms with Crippen LogP contribution in [0.25, 0.3) is 11.3 Å². The summed E-state index contributed by atoms with van der Waals surface area (Å²) in [5.74, 6) is 0.170. The number of furan rings is 1. The normalized spacial score (nSPS) is 12.5. The van der Waals surface area contributed by atoms with E-state index in [2.05, 4.69) is 10.3 Å². The fraction of sp³-hybridized carbons (Fsp3) is 0.130. The Morgan fingerprint density at radius 2 is 1.88 bits per heavy atom. The number of aromatic nitrogens is 2. The van der Waals surface area contributed by atoms with Crippen LogP contribution in [-0.4, -0.2) is 15.5 Å². The number of hydrogen-bond donors (Lipinski definition) is 1. The lowest BCUT2D eigenvalue weighted by Crippen LogP contribution is -2.30. The standard InChI is InChI=1S/C23H17ClF3N3O2/c1-30-12-11-28-21(30)20(14-5-7-17(24)8-6-14)29-22(31)19-10-9-18(32-19)15-3-2-4-16(13-15)23(25,26)27/h2-13,20H,1H3,(H,29,31). The third-order valence-electron chi connectivity index (χ3n) is 4.90. The number of hydrogen-bond acceptors (Lipinski definition) is 3. The molecule has 164 valence electrons. The first kappa shape index (κ1) is 21.7. The van der Waals surface area contributed by atoms with Crippen LogP contribution >= 0.6 is 11.6 Å². The molecule has 4 aromatic rings. The maximum Gasteiger partial charge on any atom is 0.416 e. The Bertz CT molecular complexity index is 1250. The number of alkyl halides is 3. The molecule has 2 heterocycles. The maximum absolute atomic E-state index is 13.0. The van der Waals surface area contributed by atoms with Gasteiger partial charge in [-0.25, -0.2) is 4.98 Å². The van der Waals surface area contributed by atoms with E-state index in [1.165, 1.54) is 24.3 Å². The van der Waals surface area contributed by atoms with Crippen LogP contribution in [0, 0.1) is 0 Å². The number of amides is 1. The summed E-state index contributed by atoms with van der Waals surface area (Å²) in [5.41, 5.74) is 0.175. The lowest BCUT2D eigenvalue weighted by Gasteiger charge is -2.18. The van der Waals surface area contributed by atoms with E-state index < -0.39 is 23.7 Å². The molecule has 0 aliphatic carbocycles. The summed E-state index contributed by atoms with van der Waals surface area (Å²) < 4.78 is 46.4. The van der Waals surface area contributed by atoms with Crippen LogP contribution in [-0.2, 0) is 13.2 Å². The highest BCUT2D eigenvalue weighted by Gasteiger charge is 2.31. The molecule has 0 bridgehead atoms. The fourth-order valence-corrected chi connectivity index (χ4v) is 3.40. The van der Waals surface area contributed by atoms with Crippen molar-refractivity contribution in [3.63, 3.8) is 0 Å². The van der Waals surface area contributed by atoms with Gasteiger partial charge < -0.3 is 14.3 Å². The second-order valence-electron chi connectivity index (χ2n) is 7.10. The van der Waals surface area contributed by atoms with E-state index in [0.717, 1.165) is 17.7 Å². The van der Waals surface area contributed by atoms with Gasteiger partial charge in [0.05, 0.1) is 5.56 Å². The van der Waals surface area contributed by atoms with Crippen molar-refractivity contribution in [3.05, 3.63) is 101 Å². The van der Waals surface area contributed by atoms with Gasteiger partial charge in [-0.05, 0) is 42.0 Å². The molecule has 1 unspecified atom stereocenters. The van der Waals surface area contributed by atoms with E-state index in [-0.39, 0.29) is 17.1 Å². The Hall–Kier alpha value is -3.52. The minimum Gasteiger partial charge on any atom is -0.451 e. The van der Waals surface area contributed by atoms with Crippen molar-refractivity contribution in [3.8, 4) is 11.3 Å². The fourth-order valence-electron chi connectivity index (χ4n) is 3.27. The molecule has 1 N–H and O–H groups in total. The SMILES string of the molecule is Cn1ccnc1C(NC(=O)c1ccc(-c2cccc(C(F)(F)F)c2)o1)c1ccc(Cl)cc1. The van der Waals surface area contributed by atoms with Gasteiger partial charge in [-0.3, -0.25) is 4.79 Å². The first-order valence-electron chi connectivity index (χ1n) is 9.53. The number of rotatable bonds is 5. The van der Waals surface area contributed by atoms with Crippen molar-refractivity contribution in [2.75, 3.05) is 0 Å². The summed E-state index contributed by atoms with van der Waals surface area (Å²) in [6.45, 7) is 0. The second kappa shape index (κ2) is 8.55. The number of nitrogens with one attached hydrogen (secondary N) is 1. The van der Waals surface area contributed by atoms with E-state index in [4.69, 9.17) is 16.0 Å². The molecule has 2 aromatic heterocycles. The third kappa shape index (κ3) is 4.55. The molecule has 0 saturated heterocycles. The molecular weight excluding hydrogens is 443 g/mol. The molecule has 1 amide bonds. The highest BCUT2D eigenvalue weighted by atomic mass is 35.5. The molecule has 32 heavy (non-hydrogen) atoms. The van der Waals surface area contributed by atoms with E-state index in [0.29, 0.717) is 10.8 Å². The van der Waals surface area contributed by atoms with Crippen molar-refractivity contribution in [1.82, 2.24) is 14.9 Å². The Labute approximate surface area is 186 Å². The molecule has 0 saturated carbocycles. The van der Waals surface area contributed by atoms with Crippen LogP contribution in [0.5, 0.6) is 0 Å². The average Bonchev–Trinajstić information content (AvgIpc) is 3.42. The molecular formula is C23H17ClF3N3O2. The molecule has 0 fully saturated rings. The monoisotopic (exact) mass is 459 g/mol. The molecule has 9 heteroatoms. The van der Waals surface area contributed by atoms with Crippen LogP contribution < -0.4 is 5.32 Å². The maximum atomic E-state index is 13.0. The Kier molecular flexibility index (Phi) is 5.80. The van der Waals surface area contributed by atoms with Gasteiger partial charge in [-0.15, -0.1) is 0 Å². The van der Waals surface area contributed by atoms with Crippen LogP contribution in [0.15, 0.2) is 77.5 Å². The summed E-state index contributed by atoms with van der Waals surface area (Å²) in [6, 6.07) is 14.0. The molecule has 0 aliphatic heterocycles. The molecule has 1 atom stereocenters. The number of aryl methyl sites for hydroxylation is 1. The van der Waals surface area contributed by atoms with Gasteiger partial charge in [0, 0.05) is 30.0 Å². The molecule has 5 nitrogen and oxygen atoms in total. The predicted octanol–water partition coefficient (Wildman–Crippen LogP) is 5.87. The van der Waals surface area contributed by atoms with Crippen LogP contribution in [0.3, 0.4) is 0 Å². The Morgan fingerprint density at radius 1 is 1.12 bits per heavy atom. The minimum atomic E-state index is -4.48. The van der Waals surface area contributed by atoms with Crippen molar-refractivity contribution in [1.29, 1.82) is 0 Å². The van der Waals surface area contributed by atoms with Crippen molar-refractivity contribution in [2.24, 2.45) is 7.05 Å². The van der Waals surface area contributed by atoms with Crippen molar-refractivity contribution in [2.45, 2.75) is 12.2 Å². The number of benzene rings is 2. The highest BCUT2D eigenvalue weighted by Crippen LogP contribution is 2.33. The van der Waals surface area contributed by atoms with E-state index in [1.807, 2.05) is 0 Å². The predicted molar refractivity (Wildman–Crippen MR) is 113 cm³/mol. The van der Waals surface area contributed by atoms with Gasteiger partial charge in [0.2, 0.25) is 0 Å². The van der Waals surface area contributed by atoms with Gasteiger partial charge in [0.25, 0.3) is 5.91 Å². The van der Waals surface area contributed by atoms with Crippen LogP contribution in [0.1, 0.15) is 33.5 Å². The number of carbonyl (C=O) groups is 1. The molecule has 0 aliphatic rings. The quantitative estimate of drug-likeness (QED) is 0.406. The summed E-state index contributed by atoms with van der Waals surface area (Å²) in [6.07, 6.45) is -1.11. The molecule has 4 rings (SSSR count). The zero-order valence-electron chi connectivity index (χ0n) is 16.7. The first-order valence-corrected chi connectivity index (χ1v) is 9.91. The van der Waals surface area contributed by atoms with Crippen LogP contribution in [0.4, 0.5) is 13.2 Å². The number of carbonyl (C=O) groups excluding carboxylic acids is 1. The molecule has 0 radical (unpaired) electrons. The number of imidazole rings is 1. The summed E-state index contributed by atoms with van der Waals surface area (Å²) in [5, 5.41) is 3.42. The van der Waals surface area contributed by atoms with Crippen molar-refractivity contribution < 1.29 is 22.4 Å². The van der Waals surface area contributed by atoms with Crippen molar-refractivity contribution >= 4 is 17.5 Å². The van der Waals surface area contributed by atoms with E-state index in [9.17, 15) is 18.0 Å². The Balaban J connectivity index is 1.61. The smallest absolute Gasteiger partial charge is 0.416 e. The van der Waals surface area contributed by atoms with Crippen LogP contribution in [0.2, 0.25) is 5.02 Å². The minimum absolute atomic E-state index is 0.0365. The summed E-state index contributed by atoms with van der Waals surface area (Å²) in [4.78, 5) is 17.2. The Morgan fingerprint density at radius 3 is 2.53 bits per heavy atom.